The summed E-state index contributed by atoms with van der Waals surface area (Å²) in [7, 11) is 0. The Balaban J connectivity index is 2.49. The van der Waals surface area contributed by atoms with Gasteiger partial charge in [-0.25, -0.2) is 9.36 Å². The van der Waals surface area contributed by atoms with Crippen molar-refractivity contribution >= 4 is 28.5 Å². The Hall–Kier alpha value is -3.22. The second-order valence-corrected chi connectivity index (χ2v) is 5.60. The largest absolute Gasteiger partial charge is 0.462 e. The number of pyridine rings is 2. The molecule has 0 saturated carbocycles. The predicted molar refractivity (Wildman–Crippen MR) is 94.5 cm³/mol. The second-order valence-electron chi connectivity index (χ2n) is 5.60. The van der Waals surface area contributed by atoms with Crippen molar-refractivity contribution in [2.45, 2.75) is 20.4 Å². The van der Waals surface area contributed by atoms with Crippen LogP contribution in [-0.2, 0) is 11.3 Å². The van der Waals surface area contributed by atoms with Crippen molar-refractivity contribution in [3.63, 3.8) is 0 Å². The summed E-state index contributed by atoms with van der Waals surface area (Å²) >= 11 is 0. The third-order valence-electron chi connectivity index (χ3n) is 3.98. The van der Waals surface area contributed by atoms with Crippen LogP contribution in [0.4, 0.5) is 5.82 Å². The molecule has 0 fully saturated rings. The number of nitrogen functional groups attached to an aromatic ring is 1. The molecule has 25 heavy (non-hydrogen) atoms. The molecule has 3 aromatic rings. The van der Waals surface area contributed by atoms with Crippen molar-refractivity contribution in [1.29, 1.82) is 0 Å². The van der Waals surface area contributed by atoms with E-state index in [-0.39, 0.29) is 23.5 Å². The molecule has 7 heteroatoms. The Morgan fingerprint density at radius 3 is 2.96 bits per heavy atom. The third-order valence-corrected chi connectivity index (χ3v) is 3.98. The van der Waals surface area contributed by atoms with Crippen LogP contribution in [0.25, 0.3) is 16.7 Å². The van der Waals surface area contributed by atoms with Gasteiger partial charge in [0.2, 0.25) is 11.5 Å². The van der Waals surface area contributed by atoms with Gasteiger partial charge in [0.15, 0.2) is 0 Å². The summed E-state index contributed by atoms with van der Waals surface area (Å²) in [5, 5.41) is 0.294. The van der Waals surface area contributed by atoms with Gasteiger partial charge in [-0.2, -0.15) is 0 Å². The van der Waals surface area contributed by atoms with Crippen molar-refractivity contribution in [2.24, 2.45) is 0 Å². The first kappa shape index (κ1) is 16.6. The SMILES string of the molecule is C=CC[n+]1c(N)c(C(=O)OCC)cc2c(=O)n3cccc(C)c3nc21. The quantitative estimate of drug-likeness (QED) is 0.336. The second kappa shape index (κ2) is 6.35. The zero-order valence-corrected chi connectivity index (χ0v) is 14.2. The van der Waals surface area contributed by atoms with Crippen LogP contribution in [0, 0.1) is 6.92 Å². The van der Waals surface area contributed by atoms with Gasteiger partial charge in [0, 0.05) is 11.8 Å². The van der Waals surface area contributed by atoms with E-state index in [2.05, 4.69) is 11.6 Å². The molecule has 0 amide bonds. The Bertz CT molecular complexity index is 1070. The molecule has 3 heterocycles. The van der Waals surface area contributed by atoms with Crippen molar-refractivity contribution in [3.8, 4) is 0 Å². The van der Waals surface area contributed by atoms with Gasteiger partial charge >= 0.3 is 5.97 Å². The molecular weight excluding hydrogens is 320 g/mol. The number of carbonyl (C=O) groups excluding carboxylic acids is 1. The molecule has 0 aliphatic heterocycles. The van der Waals surface area contributed by atoms with Gasteiger partial charge in [0.25, 0.3) is 11.2 Å². The van der Waals surface area contributed by atoms with Gasteiger partial charge in [0.1, 0.15) is 10.9 Å². The number of fused-ring (bicyclic) bond motifs is 2. The topological polar surface area (TPSA) is 90.6 Å². The smallest absolute Gasteiger partial charge is 0.344 e. The summed E-state index contributed by atoms with van der Waals surface area (Å²) in [5.41, 5.74) is 7.85. The molecule has 0 atom stereocenters. The average Bonchev–Trinajstić information content (AvgIpc) is 2.59. The number of hydrogen-bond donors (Lipinski definition) is 1. The molecule has 0 bridgehead atoms. The average molecular weight is 339 g/mol. The fourth-order valence-corrected chi connectivity index (χ4v) is 2.80. The van der Waals surface area contributed by atoms with E-state index in [1.54, 1.807) is 29.8 Å². The van der Waals surface area contributed by atoms with E-state index >= 15 is 0 Å². The molecule has 2 N–H and O–H groups in total. The number of esters is 1. The minimum atomic E-state index is -0.576. The molecule has 7 nitrogen and oxygen atoms in total. The summed E-state index contributed by atoms with van der Waals surface area (Å²) in [5.74, 6) is -0.385. The van der Waals surface area contributed by atoms with Gasteiger partial charge in [-0.05, 0) is 26.0 Å². The Kier molecular flexibility index (Phi) is 4.22. The van der Waals surface area contributed by atoms with Crippen LogP contribution in [0.15, 0.2) is 41.8 Å². The lowest BCUT2D eigenvalue weighted by Gasteiger charge is -2.10. The van der Waals surface area contributed by atoms with Crippen molar-refractivity contribution in [1.82, 2.24) is 9.38 Å². The van der Waals surface area contributed by atoms with E-state index in [9.17, 15) is 9.59 Å². The van der Waals surface area contributed by atoms with Crippen molar-refractivity contribution in [2.75, 3.05) is 12.3 Å². The van der Waals surface area contributed by atoms with E-state index in [0.717, 1.165) is 5.56 Å². The number of rotatable bonds is 4. The maximum atomic E-state index is 12.9. The fourth-order valence-electron chi connectivity index (χ4n) is 2.80. The molecule has 3 rings (SSSR count). The number of aromatic nitrogens is 3. The van der Waals surface area contributed by atoms with E-state index in [4.69, 9.17) is 10.5 Å². The minimum Gasteiger partial charge on any atom is -0.462 e. The standard InChI is InChI=1S/C18H18N4O3/c1-4-8-21-14(19)12(18(24)25-5-2)10-13-16(21)20-15-11(3)7-6-9-22(15)17(13)23/h4,6-7,9-10,19H,1,5,8H2,2-3H3/p+1. The summed E-state index contributed by atoms with van der Waals surface area (Å²) in [6, 6.07) is 5.10. The van der Waals surface area contributed by atoms with Gasteiger partial charge in [0.05, 0.1) is 13.2 Å². The van der Waals surface area contributed by atoms with Crippen LogP contribution in [0.3, 0.4) is 0 Å². The Morgan fingerprint density at radius 1 is 1.52 bits per heavy atom. The Morgan fingerprint density at radius 2 is 2.28 bits per heavy atom. The van der Waals surface area contributed by atoms with E-state index in [1.807, 2.05) is 13.0 Å². The van der Waals surface area contributed by atoms with Crippen LogP contribution in [0.2, 0.25) is 0 Å². The summed E-state index contributed by atoms with van der Waals surface area (Å²) in [6.45, 7) is 7.82. The molecule has 0 radical (unpaired) electrons. The predicted octanol–water partition coefficient (Wildman–Crippen LogP) is 1.39. The van der Waals surface area contributed by atoms with E-state index in [0.29, 0.717) is 23.2 Å². The van der Waals surface area contributed by atoms with E-state index < -0.39 is 5.97 Å². The number of allylic oxidation sites excluding steroid dienone is 1. The molecule has 0 aromatic carbocycles. The molecule has 0 spiro atoms. The highest BCUT2D eigenvalue weighted by Gasteiger charge is 2.24. The highest BCUT2D eigenvalue weighted by Crippen LogP contribution is 2.16. The van der Waals surface area contributed by atoms with Crippen LogP contribution in [0.5, 0.6) is 0 Å². The highest BCUT2D eigenvalue weighted by molar-refractivity contribution is 5.96. The number of nitrogens with two attached hydrogens (primary N) is 1. The molecule has 3 aromatic heterocycles. The molecule has 0 aliphatic carbocycles. The van der Waals surface area contributed by atoms with Crippen LogP contribution in [0.1, 0.15) is 22.8 Å². The first-order valence-electron chi connectivity index (χ1n) is 7.91. The van der Waals surface area contributed by atoms with Gasteiger partial charge in [-0.15, -0.1) is 0 Å². The maximum absolute atomic E-state index is 12.9. The number of ether oxygens (including phenoxy) is 1. The normalized spacial score (nSPS) is 11.0. The molecular formula is C18H19N4O3+. The Labute approximate surface area is 144 Å². The summed E-state index contributed by atoms with van der Waals surface area (Å²) in [4.78, 5) is 29.8. The molecule has 128 valence electrons. The monoisotopic (exact) mass is 339 g/mol. The zero-order chi connectivity index (χ0) is 18.1. The number of carbonyl (C=O) groups is 1. The molecule has 0 saturated heterocycles. The third kappa shape index (κ3) is 2.63. The lowest BCUT2D eigenvalue weighted by atomic mass is 10.2. The number of aryl methyl sites for hydroxylation is 1. The molecule has 0 unspecified atom stereocenters. The fraction of sp³-hybridized carbons (Fsp3) is 0.222. The first-order chi connectivity index (χ1) is 12.0. The first-order valence-corrected chi connectivity index (χ1v) is 7.91. The van der Waals surface area contributed by atoms with Gasteiger partial charge < -0.3 is 10.5 Å². The van der Waals surface area contributed by atoms with Crippen LogP contribution >= 0.6 is 0 Å². The van der Waals surface area contributed by atoms with Crippen LogP contribution < -0.4 is 15.9 Å². The van der Waals surface area contributed by atoms with Crippen molar-refractivity contribution < 1.29 is 14.1 Å². The highest BCUT2D eigenvalue weighted by atomic mass is 16.5. The maximum Gasteiger partial charge on any atom is 0.344 e. The zero-order valence-electron chi connectivity index (χ0n) is 14.2. The number of hydrogen-bond acceptors (Lipinski definition) is 5. The summed E-state index contributed by atoms with van der Waals surface area (Å²) in [6.07, 6.45) is 3.28. The van der Waals surface area contributed by atoms with Crippen LogP contribution in [-0.4, -0.2) is 22.0 Å². The minimum absolute atomic E-state index is 0.141. The lowest BCUT2D eigenvalue weighted by molar-refractivity contribution is -0.648. The summed E-state index contributed by atoms with van der Waals surface area (Å²) < 4.78 is 8.11. The van der Waals surface area contributed by atoms with E-state index in [1.165, 1.54) is 10.5 Å². The van der Waals surface area contributed by atoms with Gasteiger partial charge in [-0.1, -0.05) is 23.7 Å². The van der Waals surface area contributed by atoms with Crippen molar-refractivity contribution in [3.05, 3.63) is 58.5 Å². The van der Waals surface area contributed by atoms with Gasteiger partial charge in [-0.3, -0.25) is 9.20 Å². The lowest BCUT2D eigenvalue weighted by Crippen LogP contribution is -2.41. The number of anilines is 1. The molecule has 0 aliphatic rings. The number of nitrogens with zero attached hydrogens (tertiary/aromatic N) is 3.